The Hall–Kier alpha value is -1.01. The van der Waals surface area contributed by atoms with E-state index in [0.29, 0.717) is 18.1 Å². The molecule has 0 aromatic carbocycles. The number of aromatic nitrogens is 1. The zero-order valence-corrected chi connectivity index (χ0v) is 11.3. The Bertz CT molecular complexity index is 557. The first-order valence-corrected chi connectivity index (χ1v) is 7.35. The largest absolute Gasteiger partial charge is 0.468 e. The van der Waals surface area contributed by atoms with Crippen molar-refractivity contribution in [1.29, 1.82) is 0 Å². The monoisotopic (exact) mass is 276 g/mol. The van der Waals surface area contributed by atoms with Crippen molar-refractivity contribution in [2.24, 2.45) is 0 Å². The minimum absolute atomic E-state index is 0.0203. The smallest absolute Gasteiger partial charge is 0.262 e. The fourth-order valence-electron chi connectivity index (χ4n) is 1.86. The molecular formula is C10H13ClN2O3S. The molecule has 5 nitrogen and oxygen atoms in total. The van der Waals surface area contributed by atoms with Crippen molar-refractivity contribution < 1.29 is 13.2 Å². The van der Waals surface area contributed by atoms with Crippen LogP contribution in [0.1, 0.15) is 13.8 Å². The van der Waals surface area contributed by atoms with E-state index >= 15 is 0 Å². The van der Waals surface area contributed by atoms with Gasteiger partial charge in [0.15, 0.2) is 0 Å². The van der Waals surface area contributed by atoms with Crippen molar-refractivity contribution in [3.8, 4) is 5.88 Å². The lowest BCUT2D eigenvalue weighted by Gasteiger charge is -2.38. The molecule has 0 unspecified atom stereocenters. The molecule has 0 N–H and O–H groups in total. The van der Waals surface area contributed by atoms with Gasteiger partial charge in [-0.25, -0.2) is 13.4 Å². The molecule has 2 heterocycles. The lowest BCUT2D eigenvalue weighted by Crippen LogP contribution is -2.45. The molecule has 17 heavy (non-hydrogen) atoms. The quantitative estimate of drug-likeness (QED) is 0.730. The summed E-state index contributed by atoms with van der Waals surface area (Å²) in [6, 6.07) is 1.47. The van der Waals surface area contributed by atoms with Crippen LogP contribution in [-0.2, 0) is 9.05 Å². The van der Waals surface area contributed by atoms with Gasteiger partial charge in [-0.05, 0) is 19.9 Å². The molecule has 1 aliphatic heterocycles. The molecule has 1 aromatic rings. The molecule has 1 aliphatic rings. The Balaban J connectivity index is 2.51. The van der Waals surface area contributed by atoms with E-state index in [1.54, 1.807) is 0 Å². The van der Waals surface area contributed by atoms with Crippen molar-refractivity contribution in [1.82, 2.24) is 4.98 Å². The van der Waals surface area contributed by atoms with Gasteiger partial charge in [0.1, 0.15) is 16.2 Å². The van der Waals surface area contributed by atoms with Gasteiger partial charge in [0, 0.05) is 17.7 Å². The molecule has 0 aliphatic carbocycles. The summed E-state index contributed by atoms with van der Waals surface area (Å²) in [5, 5.41) is 0. The second kappa shape index (κ2) is 3.74. The molecular weight excluding hydrogens is 264 g/mol. The van der Waals surface area contributed by atoms with Gasteiger partial charge in [-0.15, -0.1) is 0 Å². The second-order valence-electron chi connectivity index (χ2n) is 4.65. The predicted molar refractivity (Wildman–Crippen MR) is 65.3 cm³/mol. The van der Waals surface area contributed by atoms with Gasteiger partial charge >= 0.3 is 0 Å². The molecule has 0 saturated heterocycles. The van der Waals surface area contributed by atoms with Crippen LogP contribution in [0.5, 0.6) is 5.88 Å². The summed E-state index contributed by atoms with van der Waals surface area (Å²) in [6.07, 6.45) is 1.20. The number of pyridine rings is 1. The molecule has 2 rings (SSSR count). The predicted octanol–water partition coefficient (Wildman–Crippen LogP) is 1.62. The van der Waals surface area contributed by atoms with Crippen molar-refractivity contribution in [3.63, 3.8) is 0 Å². The maximum absolute atomic E-state index is 11.2. The van der Waals surface area contributed by atoms with Crippen LogP contribution in [0.2, 0.25) is 0 Å². The Kier molecular flexibility index (Phi) is 2.74. The van der Waals surface area contributed by atoms with Gasteiger partial charge in [-0.2, -0.15) is 0 Å². The molecule has 0 saturated carbocycles. The van der Waals surface area contributed by atoms with Gasteiger partial charge in [0.05, 0.1) is 12.7 Å². The number of fused-ring (bicyclic) bond motifs is 1. The number of nitrogens with zero attached hydrogens (tertiary/aromatic N) is 2. The highest BCUT2D eigenvalue weighted by atomic mass is 35.7. The molecule has 0 atom stereocenters. The Morgan fingerprint density at radius 3 is 2.76 bits per heavy atom. The summed E-state index contributed by atoms with van der Waals surface area (Å²) in [7, 11) is 3.37. The van der Waals surface area contributed by atoms with Crippen molar-refractivity contribution in [3.05, 3.63) is 12.3 Å². The van der Waals surface area contributed by atoms with Gasteiger partial charge in [0.2, 0.25) is 5.88 Å². The minimum Gasteiger partial charge on any atom is -0.468 e. The Labute approximate surface area is 105 Å². The topological polar surface area (TPSA) is 59.5 Å². The number of rotatable bonds is 1. The summed E-state index contributed by atoms with van der Waals surface area (Å²) < 4.78 is 28.1. The zero-order chi connectivity index (χ0) is 12.8. The van der Waals surface area contributed by atoms with Crippen LogP contribution in [0, 0.1) is 0 Å². The maximum atomic E-state index is 11.2. The third kappa shape index (κ3) is 2.47. The lowest BCUT2D eigenvalue weighted by molar-refractivity contribution is 0.100. The summed E-state index contributed by atoms with van der Waals surface area (Å²) in [4.78, 5) is 5.88. The highest BCUT2D eigenvalue weighted by molar-refractivity contribution is 8.13. The third-order valence-electron chi connectivity index (χ3n) is 2.49. The molecule has 0 amide bonds. The van der Waals surface area contributed by atoms with E-state index in [1.807, 2.05) is 25.8 Å². The molecule has 1 aromatic heterocycles. The molecule has 0 radical (unpaired) electrons. The summed E-state index contributed by atoms with van der Waals surface area (Å²) >= 11 is 0. The molecule has 0 spiro atoms. The number of hydrogen-bond donors (Lipinski definition) is 0. The van der Waals surface area contributed by atoms with E-state index in [-0.39, 0.29) is 10.5 Å². The van der Waals surface area contributed by atoms with Gasteiger partial charge in [-0.3, -0.25) is 0 Å². The number of likely N-dealkylation sites (N-methyl/N-ethyl adjacent to an activating group) is 1. The van der Waals surface area contributed by atoms with E-state index in [9.17, 15) is 8.42 Å². The molecule has 7 heteroatoms. The number of anilines is 1. The van der Waals surface area contributed by atoms with Crippen LogP contribution in [-0.4, -0.2) is 32.6 Å². The van der Waals surface area contributed by atoms with Crippen LogP contribution >= 0.6 is 10.7 Å². The maximum Gasteiger partial charge on any atom is 0.262 e. The molecule has 94 valence electrons. The number of hydrogen-bond acceptors (Lipinski definition) is 5. The van der Waals surface area contributed by atoms with Gasteiger partial charge in [-0.1, -0.05) is 0 Å². The van der Waals surface area contributed by atoms with Gasteiger partial charge in [0.25, 0.3) is 9.05 Å². The summed E-state index contributed by atoms with van der Waals surface area (Å²) in [6.45, 7) is 4.54. The average molecular weight is 277 g/mol. The van der Waals surface area contributed by atoms with Crippen LogP contribution in [0.15, 0.2) is 17.2 Å². The van der Waals surface area contributed by atoms with Crippen LogP contribution < -0.4 is 9.64 Å². The SMILES string of the molecule is CN1CC(C)(C)Oc2ncc(S(=O)(=O)Cl)cc21. The fraction of sp³-hybridized carbons (Fsp3) is 0.500. The first-order valence-electron chi connectivity index (χ1n) is 5.04. The third-order valence-corrected chi connectivity index (χ3v) is 3.81. The number of ether oxygens (including phenoxy) is 1. The van der Waals surface area contributed by atoms with Crippen molar-refractivity contribution >= 4 is 25.4 Å². The number of halogens is 1. The van der Waals surface area contributed by atoms with Crippen molar-refractivity contribution in [2.45, 2.75) is 24.3 Å². The van der Waals surface area contributed by atoms with E-state index < -0.39 is 9.05 Å². The van der Waals surface area contributed by atoms with Crippen LogP contribution in [0.3, 0.4) is 0 Å². The first kappa shape index (κ1) is 12.4. The average Bonchev–Trinajstić information content (AvgIpc) is 2.13. The minimum atomic E-state index is -3.76. The van der Waals surface area contributed by atoms with Crippen LogP contribution in [0.25, 0.3) is 0 Å². The van der Waals surface area contributed by atoms with E-state index in [0.717, 1.165) is 0 Å². The Morgan fingerprint density at radius 2 is 2.18 bits per heavy atom. The van der Waals surface area contributed by atoms with Crippen LogP contribution in [0.4, 0.5) is 5.69 Å². The first-order chi connectivity index (χ1) is 7.69. The normalized spacial score (nSPS) is 18.5. The fourth-order valence-corrected chi connectivity index (χ4v) is 2.54. The molecule has 0 fully saturated rings. The van der Waals surface area contributed by atoms with Crippen molar-refractivity contribution in [2.75, 3.05) is 18.5 Å². The highest BCUT2D eigenvalue weighted by Crippen LogP contribution is 2.35. The zero-order valence-electron chi connectivity index (χ0n) is 9.77. The highest BCUT2D eigenvalue weighted by Gasteiger charge is 2.31. The second-order valence-corrected chi connectivity index (χ2v) is 7.22. The lowest BCUT2D eigenvalue weighted by atomic mass is 10.1. The van der Waals surface area contributed by atoms with Gasteiger partial charge < -0.3 is 9.64 Å². The van der Waals surface area contributed by atoms with E-state index in [1.165, 1.54) is 12.3 Å². The standard InChI is InChI=1S/C10H13ClN2O3S/c1-10(2)6-13(3)8-4-7(17(11,14)15)5-12-9(8)16-10/h4-5H,6H2,1-3H3. The summed E-state index contributed by atoms with van der Waals surface area (Å²) in [5.41, 5.74) is 0.280. The van der Waals surface area contributed by atoms with E-state index in [4.69, 9.17) is 15.4 Å². The summed E-state index contributed by atoms with van der Waals surface area (Å²) in [5.74, 6) is 0.424. The Morgan fingerprint density at radius 1 is 1.53 bits per heavy atom. The van der Waals surface area contributed by atoms with E-state index in [2.05, 4.69) is 4.98 Å². The molecule has 0 bridgehead atoms.